The van der Waals surface area contributed by atoms with E-state index >= 15 is 0 Å². The molecule has 0 bridgehead atoms. The number of nitrogens with zero attached hydrogens (tertiary/aromatic N) is 3. The number of aromatic nitrogens is 3. The predicted octanol–water partition coefficient (Wildman–Crippen LogP) is 5.90. The number of hydrogen-bond donors (Lipinski definition) is 1. The first-order valence-electron chi connectivity index (χ1n) is 8.30. The molecule has 0 spiro atoms. The molecule has 0 saturated heterocycles. The van der Waals surface area contributed by atoms with Gasteiger partial charge in [0.1, 0.15) is 0 Å². The second-order valence-electron chi connectivity index (χ2n) is 6.24. The van der Waals surface area contributed by atoms with Crippen molar-refractivity contribution in [3.05, 3.63) is 56.0 Å². The van der Waals surface area contributed by atoms with Crippen LogP contribution in [0.15, 0.2) is 40.0 Å². The molecular formula is C19H17BrCl2N4OS. The van der Waals surface area contributed by atoms with Crippen LogP contribution < -0.4 is 5.32 Å². The van der Waals surface area contributed by atoms with E-state index in [0.29, 0.717) is 21.0 Å². The largest absolute Gasteiger partial charge is 0.324 e. The van der Waals surface area contributed by atoms with Crippen molar-refractivity contribution >= 4 is 62.5 Å². The van der Waals surface area contributed by atoms with E-state index in [1.165, 1.54) is 11.8 Å². The van der Waals surface area contributed by atoms with Crippen molar-refractivity contribution in [3.8, 4) is 11.4 Å². The molecule has 0 saturated carbocycles. The number of anilines is 1. The Labute approximate surface area is 186 Å². The van der Waals surface area contributed by atoms with E-state index in [1.54, 1.807) is 22.8 Å². The molecule has 5 nitrogen and oxygen atoms in total. The molecular weight excluding hydrogens is 483 g/mol. The lowest BCUT2D eigenvalue weighted by Crippen LogP contribution is -2.15. The molecule has 0 fully saturated rings. The number of amides is 1. The highest BCUT2D eigenvalue weighted by molar-refractivity contribution is 9.10. The first-order valence-corrected chi connectivity index (χ1v) is 10.8. The molecule has 2 aromatic carbocycles. The Morgan fingerprint density at radius 2 is 1.89 bits per heavy atom. The summed E-state index contributed by atoms with van der Waals surface area (Å²) in [5.74, 6) is 0.698. The van der Waals surface area contributed by atoms with Crippen molar-refractivity contribution in [2.24, 2.45) is 7.05 Å². The second kappa shape index (κ2) is 8.86. The zero-order valence-electron chi connectivity index (χ0n) is 15.4. The summed E-state index contributed by atoms with van der Waals surface area (Å²) in [5, 5.41) is 13.0. The van der Waals surface area contributed by atoms with Crippen LogP contribution in [0.25, 0.3) is 11.4 Å². The zero-order valence-corrected chi connectivity index (χ0v) is 19.3. The van der Waals surface area contributed by atoms with Gasteiger partial charge in [-0.2, -0.15) is 0 Å². The van der Waals surface area contributed by atoms with Crippen LogP contribution in [0, 0.1) is 13.8 Å². The Morgan fingerprint density at radius 1 is 1.18 bits per heavy atom. The van der Waals surface area contributed by atoms with Crippen molar-refractivity contribution in [2.45, 2.75) is 19.0 Å². The van der Waals surface area contributed by atoms with Crippen molar-refractivity contribution in [1.29, 1.82) is 0 Å². The molecule has 146 valence electrons. The van der Waals surface area contributed by atoms with Crippen molar-refractivity contribution in [3.63, 3.8) is 0 Å². The van der Waals surface area contributed by atoms with E-state index in [0.717, 1.165) is 26.9 Å². The first-order chi connectivity index (χ1) is 13.3. The lowest BCUT2D eigenvalue weighted by Gasteiger charge is -2.10. The average Bonchev–Trinajstić information content (AvgIpc) is 2.98. The van der Waals surface area contributed by atoms with E-state index in [9.17, 15) is 4.79 Å². The van der Waals surface area contributed by atoms with Crippen LogP contribution in [0.4, 0.5) is 5.69 Å². The van der Waals surface area contributed by atoms with Gasteiger partial charge >= 0.3 is 0 Å². The Hall–Kier alpha value is -1.54. The third kappa shape index (κ3) is 4.71. The standard InChI is InChI=1S/C19H17BrCl2N4OS/c1-10-6-14(20)16(7-11(10)2)23-17(27)9-28-19-25-24-18(26(19)3)13-5-4-12(21)8-15(13)22/h4-8H,9H2,1-3H3,(H,23,27). The molecule has 0 aliphatic carbocycles. The van der Waals surface area contributed by atoms with Crippen LogP contribution in [-0.2, 0) is 11.8 Å². The molecule has 1 heterocycles. The summed E-state index contributed by atoms with van der Waals surface area (Å²) in [6.07, 6.45) is 0. The predicted molar refractivity (Wildman–Crippen MR) is 119 cm³/mol. The van der Waals surface area contributed by atoms with Gasteiger partial charge in [-0.1, -0.05) is 35.0 Å². The summed E-state index contributed by atoms with van der Waals surface area (Å²) in [6.45, 7) is 4.04. The van der Waals surface area contributed by atoms with Crippen molar-refractivity contribution in [1.82, 2.24) is 14.8 Å². The van der Waals surface area contributed by atoms with E-state index < -0.39 is 0 Å². The normalized spacial score (nSPS) is 10.9. The van der Waals surface area contributed by atoms with Gasteiger partial charge in [0.25, 0.3) is 0 Å². The SMILES string of the molecule is Cc1cc(Br)c(NC(=O)CSc2nnc(-c3ccc(Cl)cc3Cl)n2C)cc1C. The smallest absolute Gasteiger partial charge is 0.234 e. The maximum Gasteiger partial charge on any atom is 0.234 e. The highest BCUT2D eigenvalue weighted by Crippen LogP contribution is 2.31. The Morgan fingerprint density at radius 3 is 2.61 bits per heavy atom. The molecule has 3 aromatic rings. The van der Waals surface area contributed by atoms with Gasteiger partial charge < -0.3 is 9.88 Å². The quantitative estimate of drug-likeness (QED) is 0.444. The van der Waals surface area contributed by atoms with E-state index in [4.69, 9.17) is 23.2 Å². The number of halogens is 3. The van der Waals surface area contributed by atoms with Crippen LogP contribution in [0.5, 0.6) is 0 Å². The molecule has 1 aromatic heterocycles. The molecule has 0 atom stereocenters. The number of aryl methyl sites for hydroxylation is 2. The molecule has 3 rings (SSSR count). The number of rotatable bonds is 5. The lowest BCUT2D eigenvalue weighted by atomic mass is 10.1. The number of carbonyl (C=O) groups is 1. The minimum Gasteiger partial charge on any atom is -0.324 e. The molecule has 0 unspecified atom stereocenters. The van der Waals surface area contributed by atoms with Gasteiger partial charge in [0.15, 0.2) is 11.0 Å². The molecule has 28 heavy (non-hydrogen) atoms. The highest BCUT2D eigenvalue weighted by atomic mass is 79.9. The number of hydrogen-bond acceptors (Lipinski definition) is 4. The maximum absolute atomic E-state index is 12.4. The Bertz CT molecular complexity index is 1050. The minimum absolute atomic E-state index is 0.122. The van der Waals surface area contributed by atoms with Crippen LogP contribution >= 0.6 is 50.9 Å². The third-order valence-corrected chi connectivity index (χ3v) is 6.42. The average molecular weight is 500 g/mol. The molecule has 1 amide bonds. The zero-order chi connectivity index (χ0) is 20.4. The lowest BCUT2D eigenvalue weighted by molar-refractivity contribution is -0.113. The van der Waals surface area contributed by atoms with Gasteiger partial charge in [0.2, 0.25) is 5.91 Å². The van der Waals surface area contributed by atoms with Crippen LogP contribution in [-0.4, -0.2) is 26.4 Å². The van der Waals surface area contributed by atoms with Gasteiger partial charge in [-0.05, 0) is 71.2 Å². The maximum atomic E-state index is 12.4. The minimum atomic E-state index is -0.122. The number of nitrogens with one attached hydrogen (secondary N) is 1. The fourth-order valence-electron chi connectivity index (χ4n) is 2.54. The van der Waals surface area contributed by atoms with Crippen LogP contribution in [0.2, 0.25) is 10.0 Å². The summed E-state index contributed by atoms with van der Waals surface area (Å²) in [4.78, 5) is 12.4. The monoisotopic (exact) mass is 498 g/mol. The molecule has 0 aliphatic heterocycles. The van der Waals surface area contributed by atoms with Crippen LogP contribution in [0.3, 0.4) is 0 Å². The van der Waals surface area contributed by atoms with Gasteiger partial charge in [-0.3, -0.25) is 4.79 Å². The molecule has 0 radical (unpaired) electrons. The number of carbonyl (C=O) groups excluding carboxylic acids is 1. The summed E-state index contributed by atoms with van der Waals surface area (Å²) in [5.41, 5.74) is 3.76. The van der Waals surface area contributed by atoms with Crippen molar-refractivity contribution in [2.75, 3.05) is 11.1 Å². The summed E-state index contributed by atoms with van der Waals surface area (Å²) in [7, 11) is 1.83. The Balaban J connectivity index is 1.69. The topological polar surface area (TPSA) is 59.8 Å². The molecule has 0 aliphatic rings. The first kappa shape index (κ1) is 21.2. The van der Waals surface area contributed by atoms with Gasteiger partial charge in [-0.25, -0.2) is 0 Å². The molecule has 9 heteroatoms. The fourth-order valence-corrected chi connectivity index (χ4v) is 4.30. The number of thioether (sulfide) groups is 1. The van der Waals surface area contributed by atoms with E-state index in [2.05, 4.69) is 31.4 Å². The van der Waals surface area contributed by atoms with Gasteiger partial charge in [-0.15, -0.1) is 10.2 Å². The highest BCUT2D eigenvalue weighted by Gasteiger charge is 2.16. The third-order valence-electron chi connectivity index (χ3n) is 4.20. The summed E-state index contributed by atoms with van der Waals surface area (Å²) < 4.78 is 2.66. The van der Waals surface area contributed by atoms with E-state index in [1.807, 2.05) is 33.0 Å². The number of benzene rings is 2. The Kier molecular flexibility index (Phi) is 6.70. The molecule has 1 N–H and O–H groups in total. The van der Waals surface area contributed by atoms with Gasteiger partial charge in [0.05, 0.1) is 16.5 Å². The second-order valence-corrected chi connectivity index (χ2v) is 8.88. The van der Waals surface area contributed by atoms with Crippen molar-refractivity contribution < 1.29 is 4.79 Å². The summed E-state index contributed by atoms with van der Waals surface area (Å²) >= 11 is 17.0. The van der Waals surface area contributed by atoms with Crippen LogP contribution in [0.1, 0.15) is 11.1 Å². The summed E-state index contributed by atoms with van der Waals surface area (Å²) in [6, 6.07) is 9.15. The van der Waals surface area contributed by atoms with E-state index in [-0.39, 0.29) is 11.7 Å². The van der Waals surface area contributed by atoms with Gasteiger partial charge in [0, 0.05) is 22.1 Å². The fraction of sp³-hybridized carbons (Fsp3) is 0.211.